The number of hydrogen-bond acceptors (Lipinski definition) is 7. The number of carboxylic acid groups (broad SMARTS) is 1. The molecule has 41 heavy (non-hydrogen) atoms. The van der Waals surface area contributed by atoms with Crippen LogP contribution in [0.1, 0.15) is 58.2 Å². The van der Waals surface area contributed by atoms with Gasteiger partial charge in [-0.1, -0.05) is 6.07 Å². The van der Waals surface area contributed by atoms with Crippen LogP contribution in [0.5, 0.6) is 0 Å². The molecule has 10 heteroatoms. The van der Waals surface area contributed by atoms with Gasteiger partial charge in [-0.05, 0) is 74.8 Å². The quantitative estimate of drug-likeness (QED) is 0.300. The van der Waals surface area contributed by atoms with Crippen molar-refractivity contribution in [2.24, 2.45) is 0 Å². The van der Waals surface area contributed by atoms with Crippen molar-refractivity contribution in [2.45, 2.75) is 50.9 Å². The van der Waals surface area contributed by atoms with Crippen molar-refractivity contribution >= 4 is 22.7 Å². The molecule has 2 N–H and O–H groups in total. The van der Waals surface area contributed by atoms with Crippen LogP contribution < -0.4 is 5.32 Å². The van der Waals surface area contributed by atoms with Crippen molar-refractivity contribution in [1.82, 2.24) is 19.4 Å². The average Bonchev–Trinajstić information content (AvgIpc) is 3.30. The number of anilines is 1. The average molecular weight is 555 g/mol. The number of hydrogen-bond donors (Lipinski definition) is 2. The fourth-order valence-corrected chi connectivity index (χ4v) is 5.67. The lowest BCUT2D eigenvalue weighted by atomic mass is 9.92. The van der Waals surface area contributed by atoms with Crippen LogP contribution in [-0.4, -0.2) is 56.3 Å². The van der Waals surface area contributed by atoms with E-state index >= 15 is 0 Å². The Morgan fingerprint density at radius 2 is 2.00 bits per heavy atom. The second-order valence-electron chi connectivity index (χ2n) is 10.7. The summed E-state index contributed by atoms with van der Waals surface area (Å²) in [5, 5.41) is 21.9. The SMILES string of the molecule is N#Cc1ccc(CNc2cccnc2C2CCN(Cc3nc4ccc(C(=O)O)cc4n3CC3CCO3)CC2)c(F)c1. The van der Waals surface area contributed by atoms with Crippen LogP contribution in [-0.2, 0) is 24.4 Å². The van der Waals surface area contributed by atoms with E-state index in [2.05, 4.69) is 14.8 Å². The van der Waals surface area contributed by atoms with Gasteiger partial charge in [0.25, 0.3) is 0 Å². The first kappa shape index (κ1) is 26.9. The van der Waals surface area contributed by atoms with Crippen LogP contribution in [0.15, 0.2) is 54.7 Å². The third-order valence-electron chi connectivity index (χ3n) is 8.08. The molecule has 0 amide bonds. The van der Waals surface area contributed by atoms with Gasteiger partial charge in [-0.25, -0.2) is 14.2 Å². The van der Waals surface area contributed by atoms with E-state index in [1.54, 1.807) is 36.5 Å². The van der Waals surface area contributed by atoms with Crippen LogP contribution in [0.25, 0.3) is 11.0 Å². The minimum atomic E-state index is -0.950. The largest absolute Gasteiger partial charge is 0.478 e. The second-order valence-corrected chi connectivity index (χ2v) is 10.7. The van der Waals surface area contributed by atoms with Gasteiger partial charge in [0.15, 0.2) is 0 Å². The molecule has 6 rings (SSSR count). The summed E-state index contributed by atoms with van der Waals surface area (Å²) in [5.41, 5.74) is 4.55. The van der Waals surface area contributed by atoms with Gasteiger partial charge in [-0.3, -0.25) is 9.88 Å². The van der Waals surface area contributed by atoms with Crippen molar-refractivity contribution < 1.29 is 19.0 Å². The molecule has 1 unspecified atom stereocenters. The minimum absolute atomic E-state index is 0.123. The second kappa shape index (κ2) is 11.6. The van der Waals surface area contributed by atoms with Crippen LogP contribution in [0.4, 0.5) is 10.1 Å². The zero-order valence-corrected chi connectivity index (χ0v) is 22.6. The van der Waals surface area contributed by atoms with Crippen LogP contribution in [0.3, 0.4) is 0 Å². The first-order chi connectivity index (χ1) is 20.0. The highest BCUT2D eigenvalue weighted by molar-refractivity contribution is 5.92. The highest BCUT2D eigenvalue weighted by Crippen LogP contribution is 2.33. The highest BCUT2D eigenvalue weighted by atomic mass is 19.1. The number of ether oxygens (including phenoxy) is 1. The number of piperidine rings is 1. The molecule has 2 saturated heterocycles. The molecule has 2 aliphatic heterocycles. The van der Waals surface area contributed by atoms with E-state index < -0.39 is 11.8 Å². The maximum absolute atomic E-state index is 14.4. The summed E-state index contributed by atoms with van der Waals surface area (Å²) in [7, 11) is 0. The van der Waals surface area contributed by atoms with Gasteiger partial charge < -0.3 is 19.7 Å². The lowest BCUT2D eigenvalue weighted by Crippen LogP contribution is -2.35. The Kier molecular flexibility index (Phi) is 7.63. The number of aromatic carboxylic acids is 1. The highest BCUT2D eigenvalue weighted by Gasteiger charge is 2.27. The summed E-state index contributed by atoms with van der Waals surface area (Å²) in [6.07, 6.45) is 4.75. The number of imidazole rings is 1. The van der Waals surface area contributed by atoms with Crippen molar-refractivity contribution in [2.75, 3.05) is 25.0 Å². The third kappa shape index (κ3) is 5.78. The van der Waals surface area contributed by atoms with E-state index in [4.69, 9.17) is 20.0 Å². The minimum Gasteiger partial charge on any atom is -0.478 e. The monoisotopic (exact) mass is 554 g/mol. The molecule has 4 aromatic rings. The number of carbonyl (C=O) groups is 1. The molecule has 0 saturated carbocycles. The molecular weight excluding hydrogens is 523 g/mol. The maximum atomic E-state index is 14.4. The Morgan fingerprint density at radius 1 is 1.17 bits per heavy atom. The molecule has 1 atom stereocenters. The van der Waals surface area contributed by atoms with E-state index in [9.17, 15) is 14.3 Å². The Labute approximate surface area is 237 Å². The van der Waals surface area contributed by atoms with E-state index in [-0.39, 0.29) is 17.6 Å². The number of halogens is 1. The fraction of sp³-hybridized carbons (Fsp3) is 0.355. The van der Waals surface area contributed by atoms with E-state index in [1.165, 1.54) is 6.07 Å². The first-order valence-corrected chi connectivity index (χ1v) is 13.9. The molecule has 0 aliphatic carbocycles. The number of benzene rings is 2. The Bertz CT molecular complexity index is 1620. The van der Waals surface area contributed by atoms with Gasteiger partial charge in [-0.15, -0.1) is 0 Å². The summed E-state index contributed by atoms with van der Waals surface area (Å²) in [6.45, 7) is 4.13. The van der Waals surface area contributed by atoms with Crippen molar-refractivity contribution in [3.63, 3.8) is 0 Å². The van der Waals surface area contributed by atoms with Crippen molar-refractivity contribution in [1.29, 1.82) is 5.26 Å². The van der Waals surface area contributed by atoms with Gasteiger partial charge in [-0.2, -0.15) is 5.26 Å². The van der Waals surface area contributed by atoms with Gasteiger partial charge in [0, 0.05) is 30.8 Å². The van der Waals surface area contributed by atoms with Crippen LogP contribution in [0.2, 0.25) is 0 Å². The number of nitrogens with zero attached hydrogens (tertiary/aromatic N) is 5. The van der Waals surface area contributed by atoms with Gasteiger partial charge in [0.2, 0.25) is 0 Å². The Balaban J connectivity index is 1.14. The summed E-state index contributed by atoms with van der Waals surface area (Å²) >= 11 is 0. The Morgan fingerprint density at radius 3 is 2.71 bits per heavy atom. The number of pyridine rings is 1. The number of nitrogens with one attached hydrogen (secondary N) is 1. The number of nitriles is 1. The molecule has 0 bridgehead atoms. The number of fused-ring (bicyclic) bond motifs is 1. The molecule has 2 aliphatic rings. The van der Waals surface area contributed by atoms with Gasteiger partial charge in [0.05, 0.1) is 58.8 Å². The number of likely N-dealkylation sites (tertiary alicyclic amines) is 1. The third-order valence-corrected chi connectivity index (χ3v) is 8.08. The molecule has 0 radical (unpaired) electrons. The number of aromatic nitrogens is 3. The van der Waals surface area contributed by atoms with Gasteiger partial charge >= 0.3 is 5.97 Å². The van der Waals surface area contributed by atoms with E-state index in [1.807, 2.05) is 18.2 Å². The lowest BCUT2D eigenvalue weighted by molar-refractivity contribution is -0.0592. The van der Waals surface area contributed by atoms with Gasteiger partial charge in [0.1, 0.15) is 11.6 Å². The van der Waals surface area contributed by atoms with E-state index in [0.29, 0.717) is 30.8 Å². The normalized spacial score (nSPS) is 17.7. The predicted octanol–water partition coefficient (Wildman–Crippen LogP) is 4.92. The summed E-state index contributed by atoms with van der Waals surface area (Å²) in [5.74, 6) is -0.167. The zero-order valence-electron chi connectivity index (χ0n) is 22.6. The van der Waals surface area contributed by atoms with Crippen molar-refractivity contribution in [3.8, 4) is 6.07 Å². The molecule has 0 spiro atoms. The summed E-state index contributed by atoms with van der Waals surface area (Å²) < 4.78 is 22.2. The molecule has 4 heterocycles. The smallest absolute Gasteiger partial charge is 0.335 e. The molecule has 2 aromatic heterocycles. The topological polar surface area (TPSA) is 116 Å². The maximum Gasteiger partial charge on any atom is 0.335 e. The van der Waals surface area contributed by atoms with Crippen LogP contribution >= 0.6 is 0 Å². The summed E-state index contributed by atoms with van der Waals surface area (Å²) in [4.78, 5) is 23.6. The zero-order chi connectivity index (χ0) is 28.3. The molecule has 2 aromatic carbocycles. The number of carboxylic acids is 1. The lowest BCUT2D eigenvalue weighted by Gasteiger charge is -2.33. The molecular formula is C31H31FN6O3. The van der Waals surface area contributed by atoms with E-state index in [0.717, 1.165) is 67.2 Å². The van der Waals surface area contributed by atoms with Crippen molar-refractivity contribution in [3.05, 3.63) is 88.8 Å². The molecule has 2 fully saturated rings. The standard InChI is InChI=1S/C31H31FN6O3/c32-25-14-20(16-33)3-4-23(25)17-35-27-2-1-10-34-30(27)21-7-11-37(12-8-21)19-29-36-26-6-5-22(31(39)40)15-28(26)38(29)18-24-9-13-41-24/h1-6,10,14-15,21,24,35H,7-9,11-13,17-19H2,(H,39,40). The predicted molar refractivity (Wildman–Crippen MR) is 151 cm³/mol. The van der Waals surface area contributed by atoms with Crippen LogP contribution in [0, 0.1) is 17.1 Å². The Hall–Kier alpha value is -4.33. The fourth-order valence-electron chi connectivity index (χ4n) is 5.67. The number of rotatable bonds is 9. The molecule has 9 nitrogen and oxygen atoms in total. The summed E-state index contributed by atoms with van der Waals surface area (Å²) in [6, 6.07) is 15.4. The molecule has 210 valence electrons. The first-order valence-electron chi connectivity index (χ1n) is 13.9.